The predicted molar refractivity (Wildman–Crippen MR) is 85.8 cm³/mol. The van der Waals surface area contributed by atoms with Gasteiger partial charge in [0.15, 0.2) is 0 Å². The molecule has 106 valence electrons. The highest BCUT2D eigenvalue weighted by Crippen LogP contribution is 2.50. The van der Waals surface area contributed by atoms with Crippen molar-refractivity contribution in [3.8, 4) is 0 Å². The maximum Gasteiger partial charge on any atom is 0.0674 e. The highest BCUT2D eigenvalue weighted by Gasteiger charge is 2.50. The molecule has 0 bridgehead atoms. The SMILES string of the molecule is ClCC1(Cc2csc3ccccc23)CCOC1C1CC1. The van der Waals surface area contributed by atoms with Gasteiger partial charge in [0, 0.05) is 22.6 Å². The summed E-state index contributed by atoms with van der Waals surface area (Å²) in [7, 11) is 0. The maximum absolute atomic E-state index is 6.42. The van der Waals surface area contributed by atoms with Crippen LogP contribution in [0.3, 0.4) is 0 Å². The lowest BCUT2D eigenvalue weighted by molar-refractivity contribution is 0.0404. The zero-order chi connectivity index (χ0) is 13.6. The van der Waals surface area contributed by atoms with Gasteiger partial charge in [0.25, 0.3) is 0 Å². The van der Waals surface area contributed by atoms with Crippen molar-refractivity contribution >= 4 is 33.0 Å². The number of alkyl halides is 1. The molecule has 1 saturated heterocycles. The van der Waals surface area contributed by atoms with E-state index in [2.05, 4.69) is 29.6 Å². The first-order valence-corrected chi connectivity index (χ1v) is 8.86. The Morgan fingerprint density at radius 3 is 2.95 bits per heavy atom. The number of ether oxygens (including phenoxy) is 1. The Kier molecular flexibility index (Phi) is 3.29. The maximum atomic E-state index is 6.42. The number of fused-ring (bicyclic) bond motifs is 1. The van der Waals surface area contributed by atoms with Crippen molar-refractivity contribution in [1.82, 2.24) is 0 Å². The van der Waals surface area contributed by atoms with E-state index in [1.165, 1.54) is 28.5 Å². The summed E-state index contributed by atoms with van der Waals surface area (Å²) in [5, 5.41) is 3.73. The fourth-order valence-corrected chi connectivity index (χ4v) is 5.01. The first-order valence-electron chi connectivity index (χ1n) is 7.45. The molecule has 1 aromatic carbocycles. The van der Waals surface area contributed by atoms with Crippen LogP contribution in [0.1, 0.15) is 24.8 Å². The lowest BCUT2D eigenvalue weighted by Gasteiger charge is -2.32. The standard InChI is InChI=1S/C17H19ClOS/c18-11-17(7-8-19-16(17)12-5-6-12)9-13-10-20-15-4-2-1-3-14(13)15/h1-4,10,12,16H,5-9,11H2. The summed E-state index contributed by atoms with van der Waals surface area (Å²) >= 11 is 8.27. The summed E-state index contributed by atoms with van der Waals surface area (Å²) in [5.74, 6) is 1.49. The second-order valence-corrected chi connectivity index (χ2v) is 7.49. The van der Waals surface area contributed by atoms with Crippen LogP contribution in [0.5, 0.6) is 0 Å². The number of hydrogen-bond donors (Lipinski definition) is 0. The molecule has 0 spiro atoms. The lowest BCUT2D eigenvalue weighted by atomic mass is 9.75. The molecule has 0 radical (unpaired) electrons. The summed E-state index contributed by atoms with van der Waals surface area (Å²) in [4.78, 5) is 0. The largest absolute Gasteiger partial charge is 0.377 e. The highest BCUT2D eigenvalue weighted by molar-refractivity contribution is 7.17. The van der Waals surface area contributed by atoms with Crippen LogP contribution >= 0.6 is 22.9 Å². The summed E-state index contributed by atoms with van der Waals surface area (Å²) in [6.07, 6.45) is 5.23. The third-order valence-electron chi connectivity index (χ3n) is 4.92. The fraction of sp³-hybridized carbons (Fsp3) is 0.529. The molecular weight excluding hydrogens is 288 g/mol. The molecule has 4 rings (SSSR count). The number of benzene rings is 1. The van der Waals surface area contributed by atoms with Gasteiger partial charge in [0.1, 0.15) is 0 Å². The summed E-state index contributed by atoms with van der Waals surface area (Å²) in [5.41, 5.74) is 1.62. The van der Waals surface area contributed by atoms with E-state index in [4.69, 9.17) is 16.3 Å². The van der Waals surface area contributed by atoms with E-state index in [1.54, 1.807) is 0 Å². The smallest absolute Gasteiger partial charge is 0.0674 e. The molecule has 2 heterocycles. The normalized spacial score (nSPS) is 30.1. The zero-order valence-electron chi connectivity index (χ0n) is 11.5. The Hall–Kier alpha value is -0.570. The molecule has 2 unspecified atom stereocenters. The molecule has 2 aromatic rings. The topological polar surface area (TPSA) is 9.23 Å². The van der Waals surface area contributed by atoms with Gasteiger partial charge in [-0.3, -0.25) is 0 Å². The molecule has 1 aliphatic carbocycles. The van der Waals surface area contributed by atoms with Gasteiger partial charge in [-0.1, -0.05) is 18.2 Å². The van der Waals surface area contributed by atoms with Gasteiger partial charge in [-0.25, -0.2) is 0 Å². The van der Waals surface area contributed by atoms with Gasteiger partial charge in [0.05, 0.1) is 6.10 Å². The first-order chi connectivity index (χ1) is 9.82. The van der Waals surface area contributed by atoms with E-state index in [0.29, 0.717) is 6.10 Å². The van der Waals surface area contributed by atoms with Crippen LogP contribution in [0.15, 0.2) is 29.6 Å². The van der Waals surface area contributed by atoms with Crippen molar-refractivity contribution < 1.29 is 4.74 Å². The molecule has 2 atom stereocenters. The van der Waals surface area contributed by atoms with E-state index in [9.17, 15) is 0 Å². The Labute approximate surface area is 128 Å². The van der Waals surface area contributed by atoms with E-state index in [1.807, 2.05) is 11.3 Å². The third-order valence-corrected chi connectivity index (χ3v) is 6.47. The molecule has 2 fully saturated rings. The van der Waals surface area contributed by atoms with E-state index < -0.39 is 0 Å². The van der Waals surface area contributed by atoms with Crippen LogP contribution in [0.2, 0.25) is 0 Å². The van der Waals surface area contributed by atoms with Crippen molar-refractivity contribution in [2.75, 3.05) is 12.5 Å². The zero-order valence-corrected chi connectivity index (χ0v) is 13.1. The Morgan fingerprint density at radius 2 is 2.15 bits per heavy atom. The molecule has 0 amide bonds. The fourth-order valence-electron chi connectivity index (χ4n) is 3.67. The van der Waals surface area contributed by atoms with Crippen molar-refractivity contribution in [2.45, 2.75) is 31.8 Å². The second kappa shape index (κ2) is 5.01. The Balaban J connectivity index is 1.68. The quantitative estimate of drug-likeness (QED) is 0.732. The molecule has 1 saturated carbocycles. The van der Waals surface area contributed by atoms with Crippen molar-refractivity contribution in [3.63, 3.8) is 0 Å². The van der Waals surface area contributed by atoms with Crippen LogP contribution in [-0.4, -0.2) is 18.6 Å². The summed E-state index contributed by atoms with van der Waals surface area (Å²) < 4.78 is 7.45. The molecule has 3 heteroatoms. The number of hydrogen-bond acceptors (Lipinski definition) is 2. The van der Waals surface area contributed by atoms with Crippen molar-refractivity contribution in [1.29, 1.82) is 0 Å². The van der Waals surface area contributed by atoms with Crippen LogP contribution in [0.4, 0.5) is 0 Å². The van der Waals surface area contributed by atoms with Gasteiger partial charge >= 0.3 is 0 Å². The number of thiophene rings is 1. The lowest BCUT2D eigenvalue weighted by Crippen LogP contribution is -2.36. The van der Waals surface area contributed by atoms with Gasteiger partial charge in [-0.2, -0.15) is 0 Å². The van der Waals surface area contributed by atoms with Gasteiger partial charge in [0.2, 0.25) is 0 Å². The molecular formula is C17H19ClOS. The van der Waals surface area contributed by atoms with Crippen LogP contribution in [0.25, 0.3) is 10.1 Å². The van der Waals surface area contributed by atoms with Crippen LogP contribution in [-0.2, 0) is 11.2 Å². The summed E-state index contributed by atoms with van der Waals surface area (Å²) in [6.45, 7) is 0.885. The minimum Gasteiger partial charge on any atom is -0.377 e. The highest BCUT2D eigenvalue weighted by atomic mass is 35.5. The van der Waals surface area contributed by atoms with Gasteiger partial charge < -0.3 is 4.74 Å². The molecule has 1 aromatic heterocycles. The minimum absolute atomic E-state index is 0.159. The van der Waals surface area contributed by atoms with E-state index in [-0.39, 0.29) is 5.41 Å². The predicted octanol–water partition coefficient (Wildman–Crippen LogP) is 4.87. The van der Waals surface area contributed by atoms with Crippen molar-refractivity contribution in [2.24, 2.45) is 11.3 Å². The minimum atomic E-state index is 0.159. The number of halogens is 1. The van der Waals surface area contributed by atoms with E-state index in [0.717, 1.165) is 31.2 Å². The third kappa shape index (κ3) is 2.09. The Bertz CT molecular complexity index is 618. The van der Waals surface area contributed by atoms with Crippen LogP contribution in [0, 0.1) is 11.3 Å². The molecule has 1 nitrogen and oxygen atoms in total. The van der Waals surface area contributed by atoms with Gasteiger partial charge in [-0.15, -0.1) is 22.9 Å². The monoisotopic (exact) mass is 306 g/mol. The number of rotatable bonds is 4. The average molecular weight is 307 g/mol. The van der Waals surface area contributed by atoms with Crippen molar-refractivity contribution in [3.05, 3.63) is 35.2 Å². The summed E-state index contributed by atoms with van der Waals surface area (Å²) in [6, 6.07) is 8.70. The van der Waals surface area contributed by atoms with E-state index >= 15 is 0 Å². The average Bonchev–Trinajstić information content (AvgIpc) is 3.12. The van der Waals surface area contributed by atoms with Gasteiger partial charge in [-0.05, 0) is 54.0 Å². The molecule has 20 heavy (non-hydrogen) atoms. The molecule has 1 aliphatic heterocycles. The first kappa shape index (κ1) is 13.1. The Morgan fingerprint density at radius 1 is 1.30 bits per heavy atom. The second-order valence-electron chi connectivity index (χ2n) is 6.31. The van der Waals surface area contributed by atoms with Crippen LogP contribution < -0.4 is 0 Å². The molecule has 0 N–H and O–H groups in total. The molecule has 2 aliphatic rings.